The minimum Gasteiger partial charge on any atom is -0.0912 e. The Kier molecular flexibility index (Phi) is 7.22. The zero-order valence-electron chi connectivity index (χ0n) is 15.6. The van der Waals surface area contributed by atoms with Crippen molar-refractivity contribution in [3.8, 4) is 0 Å². The Morgan fingerprint density at radius 1 is 1.04 bits per heavy atom. The number of allylic oxidation sites excluding steroid dienone is 7. The summed E-state index contributed by atoms with van der Waals surface area (Å²) in [6, 6.07) is 19.3. The van der Waals surface area contributed by atoms with Gasteiger partial charge in [-0.25, -0.2) is 0 Å². The molecule has 25 heavy (non-hydrogen) atoms. The van der Waals surface area contributed by atoms with Crippen molar-refractivity contribution in [3.05, 3.63) is 113 Å². The fourth-order valence-corrected chi connectivity index (χ4v) is 2.93. The van der Waals surface area contributed by atoms with E-state index in [0.717, 1.165) is 18.4 Å². The summed E-state index contributed by atoms with van der Waals surface area (Å²) in [6.07, 6.45) is 10.6. The molecule has 0 unspecified atom stereocenters. The highest BCUT2D eigenvalue weighted by molar-refractivity contribution is 5.72. The minimum atomic E-state index is 0.903. The fraction of sp³-hybridized carbons (Fsp3) is 0.200. The van der Waals surface area contributed by atoms with Crippen molar-refractivity contribution in [2.24, 2.45) is 0 Å². The number of aryl methyl sites for hydroxylation is 1. The van der Waals surface area contributed by atoms with Crippen LogP contribution in [0.25, 0.3) is 5.57 Å². The summed E-state index contributed by atoms with van der Waals surface area (Å²) >= 11 is 0. The Morgan fingerprint density at radius 3 is 2.44 bits per heavy atom. The number of hydrogen-bond donors (Lipinski definition) is 0. The average molecular weight is 328 g/mol. The summed E-state index contributed by atoms with van der Waals surface area (Å²) in [6.45, 7) is 10.7. The highest BCUT2D eigenvalue weighted by Crippen LogP contribution is 2.24. The number of rotatable bonds is 7. The second-order valence-electron chi connectivity index (χ2n) is 6.29. The Hall–Kier alpha value is -2.60. The molecule has 0 heteroatoms. The van der Waals surface area contributed by atoms with E-state index in [9.17, 15) is 0 Å². The first-order valence-electron chi connectivity index (χ1n) is 8.97. The zero-order chi connectivity index (χ0) is 18.1. The van der Waals surface area contributed by atoms with E-state index in [-0.39, 0.29) is 0 Å². The molecule has 0 amide bonds. The maximum absolute atomic E-state index is 4.32. The van der Waals surface area contributed by atoms with Gasteiger partial charge in [-0.1, -0.05) is 98.0 Å². The van der Waals surface area contributed by atoms with Gasteiger partial charge in [0.1, 0.15) is 0 Å². The molecule has 0 nitrogen and oxygen atoms in total. The van der Waals surface area contributed by atoms with Crippen LogP contribution in [0.15, 0.2) is 96.6 Å². The van der Waals surface area contributed by atoms with E-state index in [0.29, 0.717) is 0 Å². The standard InChI is InChI=1S/C25H28/c1-5-11-23(12-6-2)21(4)18-25(24-15-8-7-9-16-24)19-22-14-10-13-20(3)17-22/h5,7-18H,4,6,19H2,1-3H3/b11-5-,23-12+,25-18+. The van der Waals surface area contributed by atoms with Crippen molar-refractivity contribution in [1.82, 2.24) is 0 Å². The van der Waals surface area contributed by atoms with Crippen molar-refractivity contribution in [1.29, 1.82) is 0 Å². The van der Waals surface area contributed by atoms with Crippen molar-refractivity contribution < 1.29 is 0 Å². The SMILES string of the molecule is C=C(/C=C(\Cc1cccc(C)c1)c1ccccc1)C(/C=C\C)=C/CC. The lowest BCUT2D eigenvalue weighted by molar-refractivity contribution is 1.20. The monoisotopic (exact) mass is 328 g/mol. The van der Waals surface area contributed by atoms with E-state index in [1.54, 1.807) is 0 Å². The molecule has 0 fully saturated rings. The summed E-state index contributed by atoms with van der Waals surface area (Å²) in [5.74, 6) is 0. The van der Waals surface area contributed by atoms with Gasteiger partial charge in [0.2, 0.25) is 0 Å². The number of benzene rings is 2. The summed E-state index contributed by atoms with van der Waals surface area (Å²) in [7, 11) is 0. The smallest absolute Gasteiger partial charge is 0.00195 e. The molecular formula is C25H28. The Morgan fingerprint density at radius 2 is 1.80 bits per heavy atom. The van der Waals surface area contributed by atoms with Crippen LogP contribution in [0.3, 0.4) is 0 Å². The molecule has 128 valence electrons. The molecule has 0 N–H and O–H groups in total. The van der Waals surface area contributed by atoms with Gasteiger partial charge in [0.15, 0.2) is 0 Å². The molecule has 2 rings (SSSR count). The van der Waals surface area contributed by atoms with Crippen molar-refractivity contribution in [2.45, 2.75) is 33.6 Å². The third-order valence-electron chi connectivity index (χ3n) is 4.11. The van der Waals surface area contributed by atoms with Gasteiger partial charge < -0.3 is 0 Å². The van der Waals surface area contributed by atoms with Crippen LogP contribution in [0.1, 0.15) is 37.0 Å². The third kappa shape index (κ3) is 5.76. The first-order valence-corrected chi connectivity index (χ1v) is 8.97. The lowest BCUT2D eigenvalue weighted by Crippen LogP contribution is -1.94. The largest absolute Gasteiger partial charge is 0.0912 e. The zero-order valence-corrected chi connectivity index (χ0v) is 15.6. The van der Waals surface area contributed by atoms with Gasteiger partial charge in [-0.05, 0) is 54.5 Å². The van der Waals surface area contributed by atoms with Crippen LogP contribution < -0.4 is 0 Å². The van der Waals surface area contributed by atoms with E-state index in [1.807, 2.05) is 6.92 Å². The Labute approximate surface area is 152 Å². The molecule has 2 aromatic rings. The molecule has 0 atom stereocenters. The average Bonchev–Trinajstić information content (AvgIpc) is 2.62. The fourth-order valence-electron chi connectivity index (χ4n) is 2.93. The highest BCUT2D eigenvalue weighted by atomic mass is 14.1. The molecule has 0 aliphatic carbocycles. The quantitative estimate of drug-likeness (QED) is 0.476. The van der Waals surface area contributed by atoms with Crippen LogP contribution >= 0.6 is 0 Å². The summed E-state index contributed by atoms with van der Waals surface area (Å²) in [4.78, 5) is 0. The Balaban J connectivity index is 2.40. The maximum atomic E-state index is 4.32. The van der Waals surface area contributed by atoms with Gasteiger partial charge in [0.05, 0.1) is 0 Å². The lowest BCUT2D eigenvalue weighted by Gasteiger charge is -2.11. The van der Waals surface area contributed by atoms with E-state index < -0.39 is 0 Å². The van der Waals surface area contributed by atoms with E-state index in [4.69, 9.17) is 0 Å². The van der Waals surface area contributed by atoms with E-state index >= 15 is 0 Å². The van der Waals surface area contributed by atoms with Crippen LogP contribution in [0, 0.1) is 6.92 Å². The minimum absolute atomic E-state index is 0.903. The van der Waals surface area contributed by atoms with Crippen LogP contribution in [0.5, 0.6) is 0 Å². The predicted octanol–water partition coefficient (Wildman–Crippen LogP) is 7.09. The highest BCUT2D eigenvalue weighted by Gasteiger charge is 2.06. The normalized spacial score (nSPS) is 12.6. The lowest BCUT2D eigenvalue weighted by atomic mass is 9.93. The molecule has 0 saturated heterocycles. The van der Waals surface area contributed by atoms with Gasteiger partial charge in [0.25, 0.3) is 0 Å². The molecule has 0 aliphatic rings. The van der Waals surface area contributed by atoms with E-state index in [1.165, 1.54) is 27.8 Å². The maximum Gasteiger partial charge on any atom is -0.00195 e. The van der Waals surface area contributed by atoms with Crippen molar-refractivity contribution in [2.75, 3.05) is 0 Å². The topological polar surface area (TPSA) is 0 Å². The number of hydrogen-bond acceptors (Lipinski definition) is 0. The van der Waals surface area contributed by atoms with Gasteiger partial charge in [-0.3, -0.25) is 0 Å². The molecule has 0 saturated carbocycles. The van der Waals surface area contributed by atoms with Crippen LogP contribution in [-0.2, 0) is 6.42 Å². The van der Waals surface area contributed by atoms with Gasteiger partial charge >= 0.3 is 0 Å². The van der Waals surface area contributed by atoms with Gasteiger partial charge in [-0.2, -0.15) is 0 Å². The molecule has 0 spiro atoms. The molecule has 0 aliphatic heterocycles. The molecule has 0 bridgehead atoms. The first kappa shape index (κ1) is 18.7. The van der Waals surface area contributed by atoms with E-state index in [2.05, 4.69) is 99.3 Å². The van der Waals surface area contributed by atoms with Gasteiger partial charge in [0, 0.05) is 0 Å². The summed E-state index contributed by atoms with van der Waals surface area (Å²) in [5.41, 5.74) is 7.43. The summed E-state index contributed by atoms with van der Waals surface area (Å²) < 4.78 is 0. The van der Waals surface area contributed by atoms with Crippen molar-refractivity contribution >= 4 is 5.57 Å². The van der Waals surface area contributed by atoms with Crippen molar-refractivity contribution in [3.63, 3.8) is 0 Å². The molecule has 0 radical (unpaired) electrons. The van der Waals surface area contributed by atoms with Crippen LogP contribution in [-0.4, -0.2) is 0 Å². The first-order chi connectivity index (χ1) is 12.1. The second-order valence-corrected chi connectivity index (χ2v) is 6.29. The summed E-state index contributed by atoms with van der Waals surface area (Å²) in [5, 5.41) is 0. The van der Waals surface area contributed by atoms with Crippen LogP contribution in [0.2, 0.25) is 0 Å². The molecule has 0 heterocycles. The predicted molar refractivity (Wildman–Crippen MR) is 112 cm³/mol. The van der Waals surface area contributed by atoms with Gasteiger partial charge in [-0.15, -0.1) is 0 Å². The third-order valence-corrected chi connectivity index (χ3v) is 4.11. The second kappa shape index (κ2) is 9.64. The molecular weight excluding hydrogens is 300 g/mol. The molecule has 2 aromatic carbocycles. The Bertz CT molecular complexity index is 786. The molecule has 0 aromatic heterocycles. The van der Waals surface area contributed by atoms with Crippen LogP contribution in [0.4, 0.5) is 0 Å².